The van der Waals surface area contributed by atoms with Crippen molar-refractivity contribution >= 4 is 16.7 Å². The van der Waals surface area contributed by atoms with Gasteiger partial charge in [-0.3, -0.25) is 14.5 Å². The second kappa shape index (κ2) is 5.48. The third-order valence-electron chi connectivity index (χ3n) is 3.52. The Morgan fingerprint density at radius 1 is 1.29 bits per heavy atom. The van der Waals surface area contributed by atoms with E-state index in [0.717, 1.165) is 34.3 Å². The molecular weight excluding hydrogens is 262 g/mol. The number of aryl methyl sites for hydroxylation is 2. The number of aromatic nitrogens is 3. The largest absolute Gasteiger partial charge is 0.294 e. The Morgan fingerprint density at radius 2 is 2.10 bits per heavy atom. The Labute approximate surface area is 123 Å². The maximum Gasteiger partial charge on any atom is 0.168 e. The summed E-state index contributed by atoms with van der Waals surface area (Å²) in [5, 5.41) is 5.13. The molecule has 2 aromatic heterocycles. The highest BCUT2D eigenvalue weighted by Gasteiger charge is 2.13. The lowest BCUT2D eigenvalue weighted by Gasteiger charge is -2.06. The molecule has 4 heteroatoms. The lowest BCUT2D eigenvalue weighted by atomic mass is 10.0. The van der Waals surface area contributed by atoms with Gasteiger partial charge in [0.2, 0.25) is 0 Å². The summed E-state index contributed by atoms with van der Waals surface area (Å²) in [6.45, 7) is 4.75. The summed E-state index contributed by atoms with van der Waals surface area (Å²) in [6.07, 6.45) is 4.05. The average Bonchev–Trinajstić information content (AvgIpc) is 2.94. The van der Waals surface area contributed by atoms with Crippen molar-refractivity contribution in [2.75, 3.05) is 0 Å². The fourth-order valence-corrected chi connectivity index (χ4v) is 2.49. The molecule has 1 aromatic carbocycles. The van der Waals surface area contributed by atoms with Gasteiger partial charge in [0.05, 0.1) is 11.7 Å². The number of pyridine rings is 1. The molecule has 0 saturated heterocycles. The van der Waals surface area contributed by atoms with Crippen molar-refractivity contribution in [3.8, 4) is 0 Å². The first kappa shape index (κ1) is 13.5. The van der Waals surface area contributed by atoms with Gasteiger partial charge < -0.3 is 0 Å². The molecule has 0 aliphatic rings. The third-order valence-corrected chi connectivity index (χ3v) is 3.52. The molecule has 106 valence electrons. The Hall–Kier alpha value is -2.49. The monoisotopic (exact) mass is 279 g/mol. The van der Waals surface area contributed by atoms with Crippen LogP contribution in [0, 0.1) is 6.92 Å². The third kappa shape index (κ3) is 2.70. The van der Waals surface area contributed by atoms with Crippen LogP contribution in [0.25, 0.3) is 10.9 Å². The summed E-state index contributed by atoms with van der Waals surface area (Å²) in [5.41, 5.74) is 3.41. The summed E-state index contributed by atoms with van der Waals surface area (Å²) in [7, 11) is 0. The van der Waals surface area contributed by atoms with Crippen LogP contribution >= 0.6 is 0 Å². The second-order valence-electron chi connectivity index (χ2n) is 5.13. The topological polar surface area (TPSA) is 47.8 Å². The summed E-state index contributed by atoms with van der Waals surface area (Å²) < 4.78 is 1.83. The molecular formula is C17H17N3O. The molecule has 0 aliphatic heterocycles. The van der Waals surface area contributed by atoms with E-state index in [1.165, 1.54) is 0 Å². The average molecular weight is 279 g/mol. The van der Waals surface area contributed by atoms with Gasteiger partial charge in [-0.05, 0) is 31.5 Å². The van der Waals surface area contributed by atoms with Crippen molar-refractivity contribution in [2.24, 2.45) is 0 Å². The number of fused-ring (bicyclic) bond motifs is 1. The smallest absolute Gasteiger partial charge is 0.168 e. The molecule has 0 unspecified atom stereocenters. The number of ketones is 1. The predicted molar refractivity (Wildman–Crippen MR) is 82.4 cm³/mol. The van der Waals surface area contributed by atoms with Crippen molar-refractivity contribution < 1.29 is 4.79 Å². The minimum atomic E-state index is 0.104. The van der Waals surface area contributed by atoms with Gasteiger partial charge in [-0.2, -0.15) is 5.10 Å². The minimum absolute atomic E-state index is 0.104. The minimum Gasteiger partial charge on any atom is -0.294 e. The highest BCUT2D eigenvalue weighted by Crippen LogP contribution is 2.20. The summed E-state index contributed by atoms with van der Waals surface area (Å²) in [4.78, 5) is 17.1. The van der Waals surface area contributed by atoms with Gasteiger partial charge in [0.25, 0.3) is 0 Å². The van der Waals surface area contributed by atoms with Crippen LogP contribution in [0.5, 0.6) is 0 Å². The maximum atomic E-state index is 12.6. The zero-order valence-corrected chi connectivity index (χ0v) is 12.2. The fourth-order valence-electron chi connectivity index (χ4n) is 2.49. The lowest BCUT2D eigenvalue weighted by Crippen LogP contribution is -2.05. The van der Waals surface area contributed by atoms with Crippen LogP contribution in [0.4, 0.5) is 0 Å². The van der Waals surface area contributed by atoms with E-state index in [4.69, 9.17) is 0 Å². The molecule has 0 atom stereocenters. The molecule has 0 bridgehead atoms. The molecule has 0 amide bonds. The van der Waals surface area contributed by atoms with Gasteiger partial charge in [0.15, 0.2) is 5.78 Å². The van der Waals surface area contributed by atoms with Crippen molar-refractivity contribution in [2.45, 2.75) is 26.8 Å². The molecule has 0 N–H and O–H groups in total. The number of carbonyl (C=O) groups is 1. The van der Waals surface area contributed by atoms with E-state index in [1.54, 1.807) is 6.20 Å². The molecule has 2 heterocycles. The Kier molecular flexibility index (Phi) is 3.52. The van der Waals surface area contributed by atoms with E-state index in [-0.39, 0.29) is 5.78 Å². The first-order valence-corrected chi connectivity index (χ1v) is 7.08. The van der Waals surface area contributed by atoms with Gasteiger partial charge in [0, 0.05) is 35.8 Å². The van der Waals surface area contributed by atoms with E-state index < -0.39 is 0 Å². The zero-order valence-electron chi connectivity index (χ0n) is 12.2. The van der Waals surface area contributed by atoms with E-state index in [0.29, 0.717) is 6.42 Å². The zero-order chi connectivity index (χ0) is 14.8. The molecule has 0 spiro atoms. The highest BCUT2D eigenvalue weighted by atomic mass is 16.1. The number of hydrogen-bond acceptors (Lipinski definition) is 3. The Balaban J connectivity index is 1.97. The van der Waals surface area contributed by atoms with Gasteiger partial charge in [-0.15, -0.1) is 0 Å². The van der Waals surface area contributed by atoms with Gasteiger partial charge in [-0.25, -0.2) is 0 Å². The SMILES string of the molecule is CCn1cc(CC(=O)c2cc(C)nc3ccccc23)cn1. The molecule has 4 nitrogen and oxygen atoms in total. The molecule has 3 aromatic rings. The van der Waals surface area contributed by atoms with Crippen LogP contribution in [-0.4, -0.2) is 20.5 Å². The van der Waals surface area contributed by atoms with Gasteiger partial charge in [-0.1, -0.05) is 18.2 Å². The summed E-state index contributed by atoms with van der Waals surface area (Å²) in [5.74, 6) is 0.104. The normalized spacial score (nSPS) is 11.0. The van der Waals surface area contributed by atoms with Crippen molar-refractivity contribution in [3.05, 3.63) is 59.5 Å². The predicted octanol–water partition coefficient (Wildman–Crippen LogP) is 3.19. The van der Waals surface area contributed by atoms with E-state index >= 15 is 0 Å². The number of hydrogen-bond donors (Lipinski definition) is 0. The Morgan fingerprint density at radius 3 is 2.86 bits per heavy atom. The van der Waals surface area contributed by atoms with Crippen LogP contribution in [0.2, 0.25) is 0 Å². The van der Waals surface area contributed by atoms with Crippen molar-refractivity contribution in [3.63, 3.8) is 0 Å². The van der Waals surface area contributed by atoms with E-state index in [9.17, 15) is 4.79 Å². The number of nitrogens with zero attached hydrogens (tertiary/aromatic N) is 3. The number of Topliss-reactive ketones (excluding diaryl/α,β-unsaturated/α-hetero) is 1. The molecule has 21 heavy (non-hydrogen) atoms. The highest BCUT2D eigenvalue weighted by molar-refractivity contribution is 6.08. The summed E-state index contributed by atoms with van der Waals surface area (Å²) >= 11 is 0. The standard InChI is InChI=1S/C17H17N3O/c1-3-20-11-13(10-18-20)9-17(21)15-8-12(2)19-16-7-5-4-6-14(15)16/h4-8,10-11H,3,9H2,1-2H3. The molecule has 0 saturated carbocycles. The van der Waals surface area contributed by atoms with Gasteiger partial charge >= 0.3 is 0 Å². The fraction of sp³-hybridized carbons (Fsp3) is 0.235. The molecule has 3 rings (SSSR count). The molecule has 0 aliphatic carbocycles. The summed E-state index contributed by atoms with van der Waals surface area (Å²) in [6, 6.07) is 9.63. The first-order chi connectivity index (χ1) is 10.2. The lowest BCUT2D eigenvalue weighted by molar-refractivity contribution is 0.0994. The van der Waals surface area contributed by atoms with Crippen molar-refractivity contribution in [1.82, 2.24) is 14.8 Å². The number of carbonyl (C=O) groups excluding carboxylic acids is 1. The van der Waals surface area contributed by atoms with Crippen LogP contribution in [0.3, 0.4) is 0 Å². The number of rotatable bonds is 4. The first-order valence-electron chi connectivity index (χ1n) is 7.08. The van der Waals surface area contributed by atoms with Crippen LogP contribution < -0.4 is 0 Å². The Bertz CT molecular complexity index is 805. The quantitative estimate of drug-likeness (QED) is 0.689. The molecule has 0 fully saturated rings. The number of benzene rings is 1. The van der Waals surface area contributed by atoms with Crippen LogP contribution in [0.15, 0.2) is 42.7 Å². The van der Waals surface area contributed by atoms with Crippen LogP contribution in [-0.2, 0) is 13.0 Å². The molecule has 0 radical (unpaired) electrons. The van der Waals surface area contributed by atoms with E-state index in [2.05, 4.69) is 10.1 Å². The van der Waals surface area contributed by atoms with Gasteiger partial charge in [0.1, 0.15) is 0 Å². The maximum absolute atomic E-state index is 12.6. The number of para-hydroxylation sites is 1. The second-order valence-corrected chi connectivity index (χ2v) is 5.13. The van der Waals surface area contributed by atoms with Crippen LogP contribution in [0.1, 0.15) is 28.5 Å². The van der Waals surface area contributed by atoms with Crippen molar-refractivity contribution in [1.29, 1.82) is 0 Å². The van der Waals surface area contributed by atoms with E-state index in [1.807, 2.05) is 55.1 Å².